The number of amides is 2. The van der Waals surface area contributed by atoms with Gasteiger partial charge in [-0.1, -0.05) is 23.4 Å². The minimum Gasteiger partial charge on any atom is -0.370 e. The Hall–Kier alpha value is -2.50. The Labute approximate surface area is 124 Å². The third kappa shape index (κ3) is 4.24. The monoisotopic (exact) mass is 288 g/mol. The van der Waals surface area contributed by atoms with Gasteiger partial charge < -0.3 is 14.7 Å². The summed E-state index contributed by atoms with van der Waals surface area (Å²) in [7, 11) is 2.00. The molecule has 2 aromatic rings. The highest BCUT2D eigenvalue weighted by atomic mass is 16.5. The topological polar surface area (TPSA) is 70.4 Å². The maximum atomic E-state index is 11.8. The molecule has 0 unspecified atom stereocenters. The number of carbonyl (C=O) groups excluding carboxylic acids is 1. The Balaban J connectivity index is 1.80. The van der Waals surface area contributed by atoms with Crippen molar-refractivity contribution in [2.75, 3.05) is 23.8 Å². The first kappa shape index (κ1) is 14.9. The average molecular weight is 288 g/mol. The van der Waals surface area contributed by atoms with E-state index in [1.54, 1.807) is 13.0 Å². The Morgan fingerprint density at radius 3 is 2.71 bits per heavy atom. The fraction of sp³-hybridized carbons (Fsp3) is 0.333. The molecule has 0 aliphatic carbocycles. The molecule has 1 heterocycles. The van der Waals surface area contributed by atoms with Crippen molar-refractivity contribution in [3.05, 3.63) is 42.2 Å². The van der Waals surface area contributed by atoms with Gasteiger partial charge in [-0.3, -0.25) is 5.32 Å². The molecule has 2 amide bonds. The number of nitrogens with zero attached hydrogens (tertiary/aromatic N) is 2. The summed E-state index contributed by atoms with van der Waals surface area (Å²) in [5.74, 6) is 1.07. The highest BCUT2D eigenvalue weighted by Crippen LogP contribution is 2.13. The van der Waals surface area contributed by atoms with Gasteiger partial charge in [-0.15, -0.1) is 0 Å². The molecule has 0 saturated carbocycles. The Kier molecular flexibility index (Phi) is 4.81. The fourth-order valence-electron chi connectivity index (χ4n) is 1.88. The fourth-order valence-corrected chi connectivity index (χ4v) is 1.88. The number of likely N-dealkylation sites (N-methyl/N-ethyl adjacent to an activating group) is 1. The van der Waals surface area contributed by atoms with E-state index in [0.717, 1.165) is 5.69 Å². The van der Waals surface area contributed by atoms with E-state index in [2.05, 4.69) is 20.7 Å². The number of hydrogen-bond donors (Lipinski definition) is 2. The van der Waals surface area contributed by atoms with E-state index in [9.17, 15) is 4.79 Å². The van der Waals surface area contributed by atoms with Crippen LogP contribution in [0.2, 0.25) is 0 Å². The van der Waals surface area contributed by atoms with Gasteiger partial charge in [0.05, 0.1) is 0 Å². The summed E-state index contributed by atoms with van der Waals surface area (Å²) in [4.78, 5) is 13.9. The van der Waals surface area contributed by atoms with Crippen molar-refractivity contribution in [2.24, 2.45) is 0 Å². The highest BCUT2D eigenvalue weighted by Gasteiger charge is 2.12. The number of anilines is 2. The van der Waals surface area contributed by atoms with E-state index in [4.69, 9.17) is 4.52 Å². The zero-order valence-corrected chi connectivity index (χ0v) is 12.5. The highest BCUT2D eigenvalue weighted by molar-refractivity contribution is 5.88. The van der Waals surface area contributed by atoms with Crippen LogP contribution in [-0.4, -0.2) is 30.8 Å². The van der Waals surface area contributed by atoms with E-state index < -0.39 is 0 Å². The first-order chi connectivity index (χ1) is 10.1. The van der Waals surface area contributed by atoms with Crippen LogP contribution in [0.15, 0.2) is 40.9 Å². The maximum Gasteiger partial charge on any atom is 0.320 e. The molecule has 6 heteroatoms. The van der Waals surface area contributed by atoms with Crippen LogP contribution in [0.3, 0.4) is 0 Å². The summed E-state index contributed by atoms with van der Waals surface area (Å²) in [6, 6.07) is 11.6. The molecule has 21 heavy (non-hydrogen) atoms. The SMILES string of the molecule is Cc1cc(NC(=O)NC[C@H](C)N(C)c2ccccc2)no1. The number of para-hydroxylation sites is 1. The quantitative estimate of drug-likeness (QED) is 0.887. The lowest BCUT2D eigenvalue weighted by Gasteiger charge is -2.27. The van der Waals surface area contributed by atoms with Crippen molar-refractivity contribution >= 4 is 17.5 Å². The number of hydrogen-bond acceptors (Lipinski definition) is 4. The second kappa shape index (κ2) is 6.78. The summed E-state index contributed by atoms with van der Waals surface area (Å²) >= 11 is 0. The Bertz CT molecular complexity index is 582. The minimum absolute atomic E-state index is 0.164. The van der Waals surface area contributed by atoms with Gasteiger partial charge in [0.1, 0.15) is 5.76 Å². The molecule has 0 saturated heterocycles. The summed E-state index contributed by atoms with van der Waals surface area (Å²) in [6.45, 7) is 4.34. The number of nitrogens with one attached hydrogen (secondary N) is 2. The van der Waals surface area contributed by atoms with Gasteiger partial charge in [0.15, 0.2) is 5.82 Å². The summed E-state index contributed by atoms with van der Waals surface area (Å²) in [5, 5.41) is 9.15. The standard InChI is InChI=1S/C15H20N4O2/c1-11(19(3)13-7-5-4-6-8-13)10-16-15(20)17-14-9-12(2)21-18-14/h4-9,11H,10H2,1-3H3,(H2,16,17,18,20)/t11-/m0/s1. The van der Waals surface area contributed by atoms with E-state index in [0.29, 0.717) is 18.1 Å². The molecule has 1 atom stereocenters. The molecule has 0 radical (unpaired) electrons. The van der Waals surface area contributed by atoms with Crippen molar-refractivity contribution in [3.8, 4) is 0 Å². The van der Waals surface area contributed by atoms with Crippen LogP contribution in [-0.2, 0) is 0 Å². The number of benzene rings is 1. The van der Waals surface area contributed by atoms with Gasteiger partial charge in [-0.2, -0.15) is 0 Å². The van der Waals surface area contributed by atoms with Crippen molar-refractivity contribution in [2.45, 2.75) is 19.9 Å². The van der Waals surface area contributed by atoms with Gasteiger partial charge in [-0.25, -0.2) is 4.79 Å². The first-order valence-corrected chi connectivity index (χ1v) is 6.82. The summed E-state index contributed by atoms with van der Waals surface area (Å²) in [6.07, 6.45) is 0. The van der Waals surface area contributed by atoms with Crippen LogP contribution in [0.25, 0.3) is 0 Å². The molecule has 2 rings (SSSR count). The molecule has 1 aromatic heterocycles. The molecule has 0 aliphatic rings. The number of rotatable bonds is 5. The molecule has 6 nitrogen and oxygen atoms in total. The van der Waals surface area contributed by atoms with Crippen molar-refractivity contribution in [1.29, 1.82) is 0 Å². The number of aromatic nitrogens is 1. The van der Waals surface area contributed by atoms with Gasteiger partial charge in [-0.05, 0) is 26.0 Å². The van der Waals surface area contributed by atoms with E-state index in [-0.39, 0.29) is 12.1 Å². The van der Waals surface area contributed by atoms with Crippen LogP contribution >= 0.6 is 0 Å². The third-order valence-corrected chi connectivity index (χ3v) is 3.25. The maximum absolute atomic E-state index is 11.8. The van der Waals surface area contributed by atoms with Gasteiger partial charge in [0, 0.05) is 31.4 Å². The lowest BCUT2D eigenvalue weighted by atomic mass is 10.2. The first-order valence-electron chi connectivity index (χ1n) is 6.82. The van der Waals surface area contributed by atoms with Crippen LogP contribution in [0, 0.1) is 6.92 Å². The van der Waals surface area contributed by atoms with Gasteiger partial charge in [0.25, 0.3) is 0 Å². The van der Waals surface area contributed by atoms with Gasteiger partial charge in [0.2, 0.25) is 0 Å². The lowest BCUT2D eigenvalue weighted by molar-refractivity contribution is 0.251. The zero-order valence-electron chi connectivity index (χ0n) is 12.5. The zero-order chi connectivity index (χ0) is 15.2. The number of carbonyl (C=O) groups is 1. The van der Waals surface area contributed by atoms with Crippen LogP contribution in [0.5, 0.6) is 0 Å². The third-order valence-electron chi connectivity index (χ3n) is 3.25. The minimum atomic E-state index is -0.295. The van der Waals surface area contributed by atoms with Crippen molar-refractivity contribution < 1.29 is 9.32 Å². The molecule has 0 fully saturated rings. The predicted octanol–water partition coefficient (Wildman–Crippen LogP) is 2.63. The summed E-state index contributed by atoms with van der Waals surface area (Å²) in [5.41, 5.74) is 1.11. The molecular weight excluding hydrogens is 268 g/mol. The average Bonchev–Trinajstić information content (AvgIpc) is 2.90. The Morgan fingerprint density at radius 1 is 1.38 bits per heavy atom. The Morgan fingerprint density at radius 2 is 2.10 bits per heavy atom. The van der Waals surface area contributed by atoms with E-state index in [1.807, 2.05) is 44.3 Å². The molecule has 0 bridgehead atoms. The second-order valence-electron chi connectivity index (χ2n) is 4.95. The van der Waals surface area contributed by atoms with E-state index in [1.165, 1.54) is 0 Å². The molecular formula is C15H20N4O2. The molecule has 0 spiro atoms. The van der Waals surface area contributed by atoms with Gasteiger partial charge >= 0.3 is 6.03 Å². The summed E-state index contributed by atoms with van der Waals surface area (Å²) < 4.78 is 4.89. The number of urea groups is 1. The predicted molar refractivity (Wildman–Crippen MR) is 82.6 cm³/mol. The number of aryl methyl sites for hydroxylation is 1. The molecule has 0 aliphatic heterocycles. The largest absolute Gasteiger partial charge is 0.370 e. The molecule has 2 N–H and O–H groups in total. The molecule has 1 aromatic carbocycles. The van der Waals surface area contributed by atoms with Crippen LogP contribution < -0.4 is 15.5 Å². The van der Waals surface area contributed by atoms with Crippen LogP contribution in [0.4, 0.5) is 16.3 Å². The molecule has 112 valence electrons. The van der Waals surface area contributed by atoms with Crippen molar-refractivity contribution in [1.82, 2.24) is 10.5 Å². The van der Waals surface area contributed by atoms with Crippen LogP contribution in [0.1, 0.15) is 12.7 Å². The van der Waals surface area contributed by atoms with E-state index >= 15 is 0 Å². The lowest BCUT2D eigenvalue weighted by Crippen LogP contribution is -2.41. The normalized spacial score (nSPS) is 11.8. The second-order valence-corrected chi connectivity index (χ2v) is 4.95. The smallest absolute Gasteiger partial charge is 0.320 e. The van der Waals surface area contributed by atoms with Crippen molar-refractivity contribution in [3.63, 3.8) is 0 Å².